The van der Waals surface area contributed by atoms with E-state index in [1.807, 2.05) is 0 Å². The summed E-state index contributed by atoms with van der Waals surface area (Å²) in [5, 5.41) is 23.3. The lowest BCUT2D eigenvalue weighted by molar-refractivity contribution is -0.140. The van der Waals surface area contributed by atoms with Gasteiger partial charge in [-0.1, -0.05) is 0 Å². The molecule has 0 aliphatic carbocycles. The van der Waals surface area contributed by atoms with Crippen LogP contribution < -0.4 is 22.1 Å². The second-order valence-corrected chi connectivity index (χ2v) is 6.57. The average Bonchev–Trinajstić information content (AvgIpc) is 2.77. The first-order chi connectivity index (χ1) is 15.6. The highest BCUT2D eigenvalue weighted by Crippen LogP contribution is 2.16. The zero-order chi connectivity index (χ0) is 24.1. The van der Waals surface area contributed by atoms with E-state index in [0.29, 0.717) is 16.9 Å². The Morgan fingerprint density at radius 2 is 1.81 bits per heavy atom. The number of carbonyl (C=O) groups excluding carboxylic acids is 1. The van der Waals surface area contributed by atoms with Crippen molar-refractivity contribution in [1.82, 2.24) is 25.3 Å². The van der Waals surface area contributed by atoms with Crippen LogP contribution in [0.15, 0.2) is 30.5 Å². The number of nitrogens with one attached hydrogen (secondary N) is 2. The first-order valence-electron chi connectivity index (χ1n) is 9.79. The van der Waals surface area contributed by atoms with Crippen molar-refractivity contribution in [3.63, 3.8) is 0 Å². The van der Waals surface area contributed by atoms with Gasteiger partial charge in [-0.2, -0.15) is 9.97 Å². The van der Waals surface area contributed by atoms with Gasteiger partial charge in [-0.15, -0.1) is 0 Å². The fourth-order valence-corrected chi connectivity index (χ4v) is 2.68. The number of benzene rings is 1. The summed E-state index contributed by atoms with van der Waals surface area (Å²) in [5.74, 6) is -3.49. The lowest BCUT2D eigenvalue weighted by Gasteiger charge is -2.14. The summed E-state index contributed by atoms with van der Waals surface area (Å²) in [6, 6.07) is 4.62. The zero-order valence-corrected chi connectivity index (χ0v) is 16.5. The van der Waals surface area contributed by atoms with Gasteiger partial charge in [0.25, 0.3) is 5.91 Å². The molecule has 0 radical (unpaired) electrons. The Labute approximate surface area is 182 Å². The molecule has 2 unspecified atom stereocenters. The van der Waals surface area contributed by atoms with Crippen LogP contribution in [0.3, 0.4) is 0 Å². The molecule has 8 N–H and O–H groups in total. The summed E-state index contributed by atoms with van der Waals surface area (Å²) in [6.45, 7) is 0.277. The van der Waals surface area contributed by atoms with Gasteiger partial charge in [0.05, 0.1) is 18.4 Å². The first kappa shape index (κ1) is 20.7. The number of nitrogens with two attached hydrogens (primary N) is 2. The topological polar surface area (TPSA) is 219 Å². The smallest absolute Gasteiger partial charge is 0.326 e. The maximum atomic E-state index is 12.3. The van der Waals surface area contributed by atoms with Gasteiger partial charge >= 0.3 is 11.9 Å². The molecule has 0 bridgehead atoms. The van der Waals surface area contributed by atoms with Crippen LogP contribution in [0.5, 0.6) is 0 Å². The van der Waals surface area contributed by atoms with Crippen LogP contribution in [-0.2, 0) is 16.1 Å². The molecule has 32 heavy (non-hydrogen) atoms. The Bertz CT molecular complexity index is 1210. The average molecular weight is 441 g/mol. The molecule has 1 aromatic carbocycles. The van der Waals surface area contributed by atoms with E-state index in [9.17, 15) is 19.5 Å². The molecular weight excluding hydrogens is 420 g/mol. The van der Waals surface area contributed by atoms with E-state index in [2.05, 4.69) is 30.6 Å². The van der Waals surface area contributed by atoms with Gasteiger partial charge in [0, 0.05) is 19.0 Å². The van der Waals surface area contributed by atoms with Crippen molar-refractivity contribution in [3.05, 3.63) is 41.7 Å². The lowest BCUT2D eigenvalue weighted by Crippen LogP contribution is -2.41. The number of rotatable bonds is 9. The molecule has 0 fully saturated rings. The molecule has 2 heterocycles. The number of carboxylic acids is 2. The molecule has 0 saturated heterocycles. The molecule has 0 spiro atoms. The molecule has 0 aliphatic rings. The van der Waals surface area contributed by atoms with Crippen molar-refractivity contribution in [2.45, 2.75) is 25.4 Å². The van der Waals surface area contributed by atoms with Crippen LogP contribution in [0.2, 0.25) is 0 Å². The van der Waals surface area contributed by atoms with Crippen LogP contribution in [-0.4, -0.2) is 54.0 Å². The Morgan fingerprint density at radius 3 is 2.47 bits per heavy atom. The largest absolute Gasteiger partial charge is 0.481 e. The predicted molar refractivity (Wildman–Crippen MR) is 113 cm³/mol. The van der Waals surface area contributed by atoms with Gasteiger partial charge in [0.1, 0.15) is 6.04 Å². The van der Waals surface area contributed by atoms with Crippen LogP contribution in [0.25, 0.3) is 11.2 Å². The second kappa shape index (κ2) is 9.51. The summed E-state index contributed by atoms with van der Waals surface area (Å²) in [6.07, 6.45) is -0.730. The first-order valence-corrected chi connectivity index (χ1v) is 9.21. The number of nitrogen functional groups attached to an aromatic ring is 2. The number of fused-ring (bicyclic) bond motifs is 1. The van der Waals surface area contributed by atoms with E-state index in [0.717, 1.165) is 0 Å². The van der Waals surface area contributed by atoms with Crippen molar-refractivity contribution < 1.29 is 26.0 Å². The van der Waals surface area contributed by atoms with Crippen molar-refractivity contribution in [2.75, 3.05) is 16.8 Å². The van der Waals surface area contributed by atoms with E-state index in [4.69, 9.17) is 17.9 Å². The van der Waals surface area contributed by atoms with Crippen LogP contribution in [0, 0.1) is 0 Å². The van der Waals surface area contributed by atoms with Crippen molar-refractivity contribution >= 4 is 46.5 Å². The second-order valence-electron chi connectivity index (χ2n) is 6.57. The Hall–Kier alpha value is -4.55. The normalized spacial score (nSPS) is 13.1. The minimum absolute atomic E-state index is 0.000347. The third-order valence-corrected chi connectivity index (χ3v) is 4.25. The van der Waals surface area contributed by atoms with Crippen LogP contribution in [0.4, 0.5) is 17.5 Å². The molecule has 13 heteroatoms. The minimum Gasteiger partial charge on any atom is -0.481 e. The molecule has 13 nitrogen and oxygen atoms in total. The molecule has 1 amide bonds. The maximum Gasteiger partial charge on any atom is 0.326 e. The van der Waals surface area contributed by atoms with Gasteiger partial charge in [-0.3, -0.25) is 9.59 Å². The molecule has 2 aromatic heterocycles. The van der Waals surface area contributed by atoms with Gasteiger partial charge in [-0.25, -0.2) is 14.8 Å². The quantitative estimate of drug-likeness (QED) is 0.263. The van der Waals surface area contributed by atoms with E-state index >= 15 is 0 Å². The number of carboxylic acid groups (broad SMARTS) is 2. The highest BCUT2D eigenvalue weighted by atomic mass is 16.4. The van der Waals surface area contributed by atoms with E-state index in [-0.39, 0.29) is 29.5 Å². The third-order valence-electron chi connectivity index (χ3n) is 4.25. The molecule has 0 saturated carbocycles. The highest BCUT2D eigenvalue weighted by molar-refractivity contribution is 5.97. The summed E-state index contributed by atoms with van der Waals surface area (Å²) in [7, 11) is 0. The number of carbonyl (C=O) groups is 3. The Kier molecular flexibility index (Phi) is 6.15. The number of aliphatic carboxylic acids is 2. The number of nitrogens with zero attached hydrogens (tertiary/aromatic N) is 4. The maximum absolute atomic E-state index is 12.3. The lowest BCUT2D eigenvalue weighted by atomic mass is 10.1. The van der Waals surface area contributed by atoms with Crippen molar-refractivity contribution in [3.8, 4) is 0 Å². The van der Waals surface area contributed by atoms with Gasteiger partial charge < -0.3 is 32.3 Å². The highest BCUT2D eigenvalue weighted by Gasteiger charge is 2.21. The summed E-state index contributed by atoms with van der Waals surface area (Å²) < 4.78 is 7.36. The number of hydrogen-bond donors (Lipinski definition) is 6. The zero-order valence-electron chi connectivity index (χ0n) is 17.5. The summed E-state index contributed by atoms with van der Waals surface area (Å²) in [4.78, 5) is 50.7. The van der Waals surface area contributed by atoms with Gasteiger partial charge in [-0.05, 0) is 30.7 Å². The fourth-order valence-electron chi connectivity index (χ4n) is 2.68. The standard InChI is InChI=1S/C19H20N8O5/c20-15-14-16(27-19(21)26-15)23-8-11(24-14)7-22-10-3-1-9(2-4-10)17(30)25-12(18(31)32)5-6-13(28)29/h1-4,8,12,22H,5-7H2,(H,25,30)(H,28,29)(H,31,32)(H4,20,21,23,26,27)/i6D. The Morgan fingerprint density at radius 1 is 1.09 bits per heavy atom. The van der Waals surface area contributed by atoms with E-state index in [1.54, 1.807) is 12.1 Å². The number of aromatic nitrogens is 4. The summed E-state index contributed by atoms with van der Waals surface area (Å²) >= 11 is 0. The minimum atomic E-state index is -1.67. The summed E-state index contributed by atoms with van der Waals surface area (Å²) in [5.41, 5.74) is 13.3. The van der Waals surface area contributed by atoms with Crippen molar-refractivity contribution in [2.24, 2.45) is 0 Å². The van der Waals surface area contributed by atoms with Crippen LogP contribution in [0.1, 0.15) is 30.2 Å². The fraction of sp³-hybridized carbons (Fsp3) is 0.211. The van der Waals surface area contributed by atoms with Gasteiger partial charge in [0.2, 0.25) is 5.95 Å². The molecule has 3 aromatic rings. The molecule has 3 rings (SSSR count). The number of hydrogen-bond acceptors (Lipinski definition) is 10. The van der Waals surface area contributed by atoms with Gasteiger partial charge in [0.15, 0.2) is 17.0 Å². The monoisotopic (exact) mass is 441 g/mol. The SMILES string of the molecule is [2H]C(CC(NC(=O)c1ccc(NCc2cnc3nc(N)nc(N)c3n2)cc1)C(=O)O)C(=O)O. The van der Waals surface area contributed by atoms with Crippen molar-refractivity contribution in [1.29, 1.82) is 0 Å². The molecule has 0 aliphatic heterocycles. The Balaban J connectivity index is 1.62. The number of anilines is 3. The van der Waals surface area contributed by atoms with E-state index in [1.165, 1.54) is 18.3 Å². The third kappa shape index (κ3) is 5.53. The number of amides is 1. The van der Waals surface area contributed by atoms with E-state index < -0.39 is 36.7 Å². The molecular formula is C19H20N8O5. The molecule has 2 atom stereocenters. The van der Waals surface area contributed by atoms with Crippen LogP contribution >= 0.6 is 0 Å². The molecule has 166 valence electrons. The predicted octanol–water partition coefficient (Wildman–Crippen LogP) is 0.244.